The maximum Gasteiger partial charge on any atom is 0.173 e. The number of rotatable bonds is 6. The van der Waals surface area contributed by atoms with Gasteiger partial charge in [0.15, 0.2) is 5.82 Å². The van der Waals surface area contributed by atoms with Gasteiger partial charge in [-0.2, -0.15) is 0 Å². The summed E-state index contributed by atoms with van der Waals surface area (Å²) in [5.74, 6) is -0.264. The summed E-state index contributed by atoms with van der Waals surface area (Å²) in [7, 11) is 0. The molecule has 1 fully saturated rings. The zero-order chi connectivity index (χ0) is 23.5. The third-order valence-electron chi connectivity index (χ3n) is 6.11. The van der Waals surface area contributed by atoms with Gasteiger partial charge in [0.1, 0.15) is 17.5 Å². The highest BCUT2D eigenvalue weighted by Gasteiger charge is 2.31. The molecule has 0 radical (unpaired) electrons. The van der Waals surface area contributed by atoms with E-state index in [1.54, 1.807) is 41.1 Å². The van der Waals surface area contributed by atoms with Gasteiger partial charge in [0.25, 0.3) is 0 Å². The fourth-order valence-electron chi connectivity index (χ4n) is 4.38. The fraction of sp³-hybridized carbons (Fsp3) is 0.240. The van der Waals surface area contributed by atoms with Crippen LogP contribution in [-0.2, 0) is 6.54 Å². The number of hydrogen-bond acceptors (Lipinski definition) is 5. The zero-order valence-corrected chi connectivity index (χ0v) is 18.4. The number of benzene rings is 3. The van der Waals surface area contributed by atoms with Crippen LogP contribution >= 0.6 is 0 Å². The molecule has 0 N–H and O–H groups in total. The van der Waals surface area contributed by atoms with Gasteiger partial charge in [-0.3, -0.25) is 4.90 Å². The molecule has 0 amide bonds. The quantitative estimate of drug-likeness (QED) is 0.431. The van der Waals surface area contributed by atoms with E-state index in [1.807, 2.05) is 11.0 Å². The lowest BCUT2D eigenvalue weighted by Gasteiger charge is -2.40. The highest BCUT2D eigenvalue weighted by molar-refractivity contribution is 5.48. The van der Waals surface area contributed by atoms with E-state index in [0.717, 1.165) is 11.1 Å². The average molecular weight is 464 g/mol. The largest absolute Gasteiger partial charge is 0.367 e. The first-order chi connectivity index (χ1) is 16.6. The molecule has 1 aliphatic heterocycles. The average Bonchev–Trinajstić information content (AvgIpc) is 3.30. The van der Waals surface area contributed by atoms with Crippen molar-refractivity contribution in [3.8, 4) is 0 Å². The van der Waals surface area contributed by atoms with Crippen molar-refractivity contribution >= 4 is 5.69 Å². The molecule has 34 heavy (non-hydrogen) atoms. The summed E-state index contributed by atoms with van der Waals surface area (Å²) in [5, 5.41) is 12.4. The number of piperazine rings is 1. The van der Waals surface area contributed by atoms with Gasteiger partial charge in [-0.05, 0) is 58.0 Å². The lowest BCUT2D eigenvalue weighted by atomic mass is 10.0. The Bertz CT molecular complexity index is 1230. The summed E-state index contributed by atoms with van der Waals surface area (Å²) >= 11 is 0. The van der Waals surface area contributed by atoms with Crippen LogP contribution in [0.3, 0.4) is 0 Å². The van der Waals surface area contributed by atoms with Gasteiger partial charge >= 0.3 is 0 Å². The van der Waals surface area contributed by atoms with Crippen LogP contribution in [-0.4, -0.2) is 51.3 Å². The number of halogens is 3. The number of nitrogens with zero attached hydrogens (tertiary/aromatic N) is 6. The van der Waals surface area contributed by atoms with Crippen molar-refractivity contribution in [2.75, 3.05) is 31.1 Å². The van der Waals surface area contributed by atoms with E-state index in [0.29, 0.717) is 44.2 Å². The van der Waals surface area contributed by atoms with Crippen LogP contribution in [0.25, 0.3) is 0 Å². The summed E-state index contributed by atoms with van der Waals surface area (Å²) in [6.07, 6.45) is 0. The number of anilines is 1. The monoisotopic (exact) mass is 464 g/mol. The Morgan fingerprint density at radius 1 is 0.765 bits per heavy atom. The van der Waals surface area contributed by atoms with Crippen LogP contribution in [0.1, 0.15) is 23.0 Å². The van der Waals surface area contributed by atoms with Gasteiger partial charge in [0.2, 0.25) is 0 Å². The molecule has 9 heteroatoms. The van der Waals surface area contributed by atoms with Crippen LogP contribution in [0.15, 0.2) is 72.8 Å². The summed E-state index contributed by atoms with van der Waals surface area (Å²) in [4.78, 5) is 4.24. The summed E-state index contributed by atoms with van der Waals surface area (Å²) in [6, 6.07) is 18.9. The number of para-hydroxylation sites is 1. The van der Waals surface area contributed by atoms with Gasteiger partial charge in [0, 0.05) is 26.2 Å². The predicted molar refractivity (Wildman–Crippen MR) is 122 cm³/mol. The molecule has 4 aromatic rings. The SMILES string of the molecule is Fc1ccc(Cn2nnnc2C(c2ccc(F)cc2)N2CCN(c3ccccc3F)CC2)cc1. The van der Waals surface area contributed by atoms with Crippen molar-refractivity contribution in [1.29, 1.82) is 0 Å². The molecule has 0 spiro atoms. The Morgan fingerprint density at radius 2 is 1.41 bits per heavy atom. The van der Waals surface area contributed by atoms with E-state index < -0.39 is 0 Å². The van der Waals surface area contributed by atoms with Gasteiger partial charge in [-0.25, -0.2) is 17.9 Å². The van der Waals surface area contributed by atoms with Crippen LogP contribution in [0, 0.1) is 17.5 Å². The molecule has 1 saturated heterocycles. The van der Waals surface area contributed by atoms with E-state index in [2.05, 4.69) is 20.4 Å². The maximum absolute atomic E-state index is 14.3. The molecule has 1 unspecified atom stereocenters. The molecule has 1 atom stereocenters. The second-order valence-electron chi connectivity index (χ2n) is 8.25. The third kappa shape index (κ3) is 4.65. The van der Waals surface area contributed by atoms with Crippen LogP contribution in [0.4, 0.5) is 18.9 Å². The molecule has 0 aliphatic carbocycles. The third-order valence-corrected chi connectivity index (χ3v) is 6.11. The van der Waals surface area contributed by atoms with Crippen LogP contribution in [0.5, 0.6) is 0 Å². The van der Waals surface area contributed by atoms with E-state index in [-0.39, 0.29) is 23.5 Å². The predicted octanol–water partition coefficient (Wildman–Crippen LogP) is 4.05. The minimum absolute atomic E-state index is 0.241. The number of hydrogen-bond donors (Lipinski definition) is 0. The molecule has 1 aromatic heterocycles. The van der Waals surface area contributed by atoms with E-state index in [1.165, 1.54) is 30.3 Å². The summed E-state index contributed by atoms with van der Waals surface area (Å²) in [6.45, 7) is 2.89. The molecule has 6 nitrogen and oxygen atoms in total. The molecular weight excluding hydrogens is 441 g/mol. The molecule has 0 bridgehead atoms. The van der Waals surface area contributed by atoms with Crippen LogP contribution in [0.2, 0.25) is 0 Å². The molecule has 2 heterocycles. The van der Waals surface area contributed by atoms with E-state index in [9.17, 15) is 13.2 Å². The molecule has 3 aromatic carbocycles. The van der Waals surface area contributed by atoms with E-state index in [4.69, 9.17) is 0 Å². The molecule has 0 saturated carbocycles. The Hall–Kier alpha value is -3.72. The summed E-state index contributed by atoms with van der Waals surface area (Å²) < 4.78 is 43.0. The first-order valence-corrected chi connectivity index (χ1v) is 11.1. The molecular formula is C25H23F3N6. The molecule has 1 aliphatic rings. The van der Waals surface area contributed by atoms with Gasteiger partial charge in [0.05, 0.1) is 18.3 Å². The van der Waals surface area contributed by atoms with Crippen LogP contribution < -0.4 is 4.90 Å². The smallest absolute Gasteiger partial charge is 0.173 e. The lowest BCUT2D eigenvalue weighted by Crippen LogP contribution is -2.48. The van der Waals surface area contributed by atoms with Crippen molar-refractivity contribution in [2.45, 2.75) is 12.6 Å². The number of tetrazole rings is 1. The lowest BCUT2D eigenvalue weighted by molar-refractivity contribution is 0.201. The second-order valence-corrected chi connectivity index (χ2v) is 8.25. The van der Waals surface area contributed by atoms with Crippen molar-refractivity contribution in [2.24, 2.45) is 0 Å². The first kappa shape index (κ1) is 22.1. The van der Waals surface area contributed by atoms with Crippen molar-refractivity contribution in [3.63, 3.8) is 0 Å². The Kier molecular flexibility index (Phi) is 6.27. The zero-order valence-electron chi connectivity index (χ0n) is 18.4. The van der Waals surface area contributed by atoms with Gasteiger partial charge < -0.3 is 4.90 Å². The second kappa shape index (κ2) is 9.64. The minimum atomic E-state index is -0.322. The molecule has 5 rings (SSSR count). The number of aromatic nitrogens is 4. The first-order valence-electron chi connectivity index (χ1n) is 11.1. The Balaban J connectivity index is 1.43. The Labute approximate surface area is 195 Å². The normalized spacial score (nSPS) is 15.4. The van der Waals surface area contributed by atoms with E-state index >= 15 is 0 Å². The van der Waals surface area contributed by atoms with Gasteiger partial charge in [-0.15, -0.1) is 5.10 Å². The van der Waals surface area contributed by atoms with Crippen molar-refractivity contribution < 1.29 is 13.2 Å². The van der Waals surface area contributed by atoms with Gasteiger partial charge in [-0.1, -0.05) is 36.4 Å². The van der Waals surface area contributed by atoms with Crippen molar-refractivity contribution in [1.82, 2.24) is 25.1 Å². The standard InChI is InChI=1S/C25H23F3N6/c26-20-9-5-18(6-10-20)17-34-25(29-30-31-34)24(19-7-11-21(27)12-8-19)33-15-13-32(14-16-33)23-4-2-1-3-22(23)28/h1-12,24H,13-17H2. The highest BCUT2D eigenvalue weighted by Crippen LogP contribution is 2.30. The topological polar surface area (TPSA) is 50.1 Å². The van der Waals surface area contributed by atoms with Crippen molar-refractivity contribution in [3.05, 3.63) is 107 Å². The maximum atomic E-state index is 14.3. The minimum Gasteiger partial charge on any atom is -0.367 e. The fourth-order valence-corrected chi connectivity index (χ4v) is 4.38. The Morgan fingerprint density at radius 3 is 2.09 bits per heavy atom. The molecule has 174 valence electrons. The summed E-state index contributed by atoms with van der Waals surface area (Å²) in [5.41, 5.74) is 2.30. The highest BCUT2D eigenvalue weighted by atomic mass is 19.1.